The molecular weight excluding hydrogens is 665 g/mol. The Kier molecular flexibility index (Phi) is 7.46. The van der Waals surface area contributed by atoms with Crippen LogP contribution in [0.1, 0.15) is 50.7 Å². The molecular formula is C53H46N2. The van der Waals surface area contributed by atoms with E-state index in [4.69, 9.17) is 0 Å². The van der Waals surface area contributed by atoms with Gasteiger partial charge in [-0.3, -0.25) is 0 Å². The van der Waals surface area contributed by atoms with Crippen molar-refractivity contribution in [2.24, 2.45) is 23.7 Å². The number of hydrogen-bond donors (Lipinski definition) is 0. The van der Waals surface area contributed by atoms with Crippen LogP contribution in [0.3, 0.4) is 0 Å². The standard InChI is InChI=1S/C53H46N2/c1-35-31-37-33-36(2)53(39(32-35)34-37)46-21-10-6-20-45(46)52-47(53)22-14-26-51(52)55(48-23-11-7-17-42(48)38-15-4-3-5-16-38)41-29-27-40(28-30-41)54-49-24-12-8-18-43(49)44-19-9-13-25-50(44)54/h3-30,35-37,39H,31-34H2,1-2H3/t35-,36+,37-,39-,53?/m0/s1. The van der Waals surface area contributed by atoms with Crippen molar-refractivity contribution in [2.75, 3.05) is 4.90 Å². The summed E-state index contributed by atoms with van der Waals surface area (Å²) in [4.78, 5) is 2.56. The predicted molar refractivity (Wildman–Crippen MR) is 231 cm³/mol. The summed E-state index contributed by atoms with van der Waals surface area (Å²) in [5.41, 5.74) is 15.6. The summed E-state index contributed by atoms with van der Waals surface area (Å²) in [6.07, 6.45) is 5.35. The monoisotopic (exact) mass is 710 g/mol. The molecule has 0 radical (unpaired) electrons. The fourth-order valence-electron chi connectivity index (χ4n) is 11.8. The Morgan fingerprint density at radius 2 is 1.13 bits per heavy atom. The molecule has 0 saturated heterocycles. The van der Waals surface area contributed by atoms with Gasteiger partial charge in [-0.05, 0) is 120 Å². The third-order valence-electron chi connectivity index (χ3n) is 13.7. The van der Waals surface area contributed by atoms with Gasteiger partial charge in [-0.1, -0.05) is 135 Å². The summed E-state index contributed by atoms with van der Waals surface area (Å²) in [5.74, 6) is 2.85. The molecule has 268 valence electrons. The summed E-state index contributed by atoms with van der Waals surface area (Å²) >= 11 is 0. The number of benzene rings is 7. The highest BCUT2D eigenvalue weighted by atomic mass is 15.1. The van der Waals surface area contributed by atoms with E-state index in [1.807, 2.05) is 0 Å². The second-order valence-electron chi connectivity index (χ2n) is 16.7. The van der Waals surface area contributed by atoms with Crippen LogP contribution in [0.15, 0.2) is 170 Å². The van der Waals surface area contributed by atoms with E-state index in [9.17, 15) is 0 Å². The number of aromatic nitrogens is 1. The van der Waals surface area contributed by atoms with Gasteiger partial charge in [0.15, 0.2) is 0 Å². The smallest absolute Gasteiger partial charge is 0.0543 e. The van der Waals surface area contributed by atoms with Gasteiger partial charge in [-0.15, -0.1) is 0 Å². The maximum absolute atomic E-state index is 2.57. The molecule has 2 fully saturated rings. The molecule has 2 bridgehead atoms. The third kappa shape index (κ3) is 4.80. The Morgan fingerprint density at radius 3 is 1.89 bits per heavy atom. The Bertz CT molecular complexity index is 2660. The largest absolute Gasteiger partial charge is 0.309 e. The minimum atomic E-state index is 0.0259. The molecule has 11 rings (SSSR count). The van der Waals surface area contributed by atoms with Crippen molar-refractivity contribution in [1.82, 2.24) is 4.57 Å². The molecule has 2 saturated carbocycles. The van der Waals surface area contributed by atoms with Gasteiger partial charge >= 0.3 is 0 Å². The highest BCUT2D eigenvalue weighted by Crippen LogP contribution is 2.66. The van der Waals surface area contributed by atoms with Crippen molar-refractivity contribution in [3.05, 3.63) is 181 Å². The SMILES string of the molecule is C[C@H]1C[C@@H]2C[C@H](C1)C1(c3ccccc3-c3c(N(c4ccc(-n5c6ccccc6c6ccccc65)cc4)c4ccccc4-c4ccccc4)cccc31)[C@H](C)C2. The first-order chi connectivity index (χ1) is 27.1. The van der Waals surface area contributed by atoms with Crippen LogP contribution in [-0.4, -0.2) is 4.57 Å². The van der Waals surface area contributed by atoms with Gasteiger partial charge in [0.1, 0.15) is 0 Å². The molecule has 55 heavy (non-hydrogen) atoms. The van der Waals surface area contributed by atoms with Crippen molar-refractivity contribution < 1.29 is 0 Å². The van der Waals surface area contributed by atoms with E-state index in [1.165, 1.54) is 81.1 Å². The Labute approximate surface area is 324 Å². The lowest BCUT2D eigenvalue weighted by Crippen LogP contribution is -2.49. The van der Waals surface area contributed by atoms with Crippen molar-refractivity contribution in [3.8, 4) is 27.9 Å². The van der Waals surface area contributed by atoms with Gasteiger partial charge in [-0.25, -0.2) is 0 Å². The number of rotatable bonds is 5. The van der Waals surface area contributed by atoms with E-state index >= 15 is 0 Å². The van der Waals surface area contributed by atoms with Gasteiger partial charge in [0.25, 0.3) is 0 Å². The van der Waals surface area contributed by atoms with Gasteiger partial charge < -0.3 is 9.47 Å². The summed E-state index contributed by atoms with van der Waals surface area (Å²) in [5, 5.41) is 2.56. The highest BCUT2D eigenvalue weighted by molar-refractivity contribution is 6.09. The molecule has 1 heterocycles. The van der Waals surface area contributed by atoms with Crippen molar-refractivity contribution in [1.29, 1.82) is 0 Å². The van der Waals surface area contributed by atoms with Crippen LogP contribution in [-0.2, 0) is 5.41 Å². The van der Waals surface area contributed by atoms with Gasteiger partial charge in [0.05, 0.1) is 22.4 Å². The average molecular weight is 711 g/mol. The third-order valence-corrected chi connectivity index (χ3v) is 13.7. The first-order valence-electron chi connectivity index (χ1n) is 20.4. The zero-order chi connectivity index (χ0) is 36.7. The zero-order valence-electron chi connectivity index (χ0n) is 31.7. The highest BCUT2D eigenvalue weighted by Gasteiger charge is 2.57. The lowest BCUT2D eigenvalue weighted by Gasteiger charge is -2.54. The maximum atomic E-state index is 2.57. The van der Waals surface area contributed by atoms with Crippen LogP contribution in [0.2, 0.25) is 0 Å². The predicted octanol–water partition coefficient (Wildman–Crippen LogP) is 14.3. The quantitative estimate of drug-likeness (QED) is 0.173. The molecule has 5 atom stereocenters. The minimum Gasteiger partial charge on any atom is -0.309 e. The fraction of sp³-hybridized carbons (Fsp3) is 0.208. The van der Waals surface area contributed by atoms with E-state index in [2.05, 4.69) is 193 Å². The van der Waals surface area contributed by atoms with E-state index in [1.54, 1.807) is 11.1 Å². The van der Waals surface area contributed by atoms with Gasteiger partial charge in [0, 0.05) is 38.7 Å². The molecule has 0 aliphatic heterocycles. The maximum Gasteiger partial charge on any atom is 0.0543 e. The molecule has 7 aromatic carbocycles. The number of para-hydroxylation sites is 3. The van der Waals surface area contributed by atoms with Crippen LogP contribution < -0.4 is 4.90 Å². The van der Waals surface area contributed by atoms with Crippen molar-refractivity contribution in [2.45, 2.75) is 44.9 Å². The number of hydrogen-bond acceptors (Lipinski definition) is 1. The van der Waals surface area contributed by atoms with Crippen LogP contribution in [0.25, 0.3) is 49.7 Å². The molecule has 2 nitrogen and oxygen atoms in total. The average Bonchev–Trinajstić information content (AvgIpc) is 3.73. The molecule has 0 N–H and O–H groups in total. The molecule has 8 aromatic rings. The number of anilines is 3. The van der Waals surface area contributed by atoms with Crippen molar-refractivity contribution >= 4 is 38.9 Å². The topological polar surface area (TPSA) is 8.17 Å². The number of fused-ring (bicyclic) bond motifs is 11. The van der Waals surface area contributed by atoms with Crippen molar-refractivity contribution in [3.63, 3.8) is 0 Å². The fourth-order valence-corrected chi connectivity index (χ4v) is 11.8. The van der Waals surface area contributed by atoms with Crippen LogP contribution >= 0.6 is 0 Å². The molecule has 3 aliphatic carbocycles. The summed E-state index contributed by atoms with van der Waals surface area (Å²) in [6.45, 7) is 5.08. The first-order valence-corrected chi connectivity index (χ1v) is 20.4. The molecule has 1 unspecified atom stereocenters. The normalized spacial score (nSPS) is 22.5. The Hall–Kier alpha value is -5.86. The molecule has 2 heteroatoms. The van der Waals surface area contributed by atoms with E-state index in [0.717, 1.165) is 23.2 Å². The summed E-state index contributed by atoms with van der Waals surface area (Å²) in [6, 6.07) is 63.5. The number of nitrogens with zero attached hydrogens (tertiary/aromatic N) is 2. The molecule has 1 spiro atoms. The lowest BCUT2D eigenvalue weighted by molar-refractivity contribution is 0.0426. The van der Waals surface area contributed by atoms with E-state index in [-0.39, 0.29) is 5.41 Å². The van der Waals surface area contributed by atoms with Gasteiger partial charge in [-0.2, -0.15) is 0 Å². The van der Waals surface area contributed by atoms with Crippen LogP contribution in [0.4, 0.5) is 17.1 Å². The second-order valence-corrected chi connectivity index (χ2v) is 16.7. The summed E-state index contributed by atoms with van der Waals surface area (Å²) in [7, 11) is 0. The van der Waals surface area contributed by atoms with E-state index < -0.39 is 0 Å². The second kappa shape index (κ2) is 12.6. The lowest BCUT2D eigenvalue weighted by atomic mass is 9.49. The zero-order valence-corrected chi connectivity index (χ0v) is 31.7. The molecule has 3 aliphatic rings. The Balaban J connectivity index is 1.15. The summed E-state index contributed by atoms with van der Waals surface area (Å²) < 4.78 is 2.42. The van der Waals surface area contributed by atoms with Gasteiger partial charge in [0.2, 0.25) is 0 Å². The minimum absolute atomic E-state index is 0.0259. The van der Waals surface area contributed by atoms with Crippen LogP contribution in [0, 0.1) is 23.7 Å². The van der Waals surface area contributed by atoms with E-state index in [0.29, 0.717) is 11.8 Å². The molecule has 0 amide bonds. The van der Waals surface area contributed by atoms with Crippen LogP contribution in [0.5, 0.6) is 0 Å². The Morgan fingerprint density at radius 1 is 0.509 bits per heavy atom. The first kappa shape index (κ1) is 32.6. The molecule has 1 aromatic heterocycles.